The lowest BCUT2D eigenvalue weighted by Crippen LogP contribution is -2.37. The molecule has 1 aromatic heterocycles. The van der Waals surface area contributed by atoms with Crippen LogP contribution >= 0.6 is 0 Å². The number of nitrogens with zero attached hydrogens (tertiary/aromatic N) is 2. The molecular weight excluding hydrogens is 294 g/mol. The van der Waals surface area contributed by atoms with E-state index in [1.807, 2.05) is 30.3 Å². The van der Waals surface area contributed by atoms with Gasteiger partial charge in [-0.3, -0.25) is 9.59 Å². The monoisotopic (exact) mass is 315 g/mol. The zero-order valence-corrected chi connectivity index (χ0v) is 13.5. The summed E-state index contributed by atoms with van der Waals surface area (Å²) in [6.45, 7) is 3.41. The zero-order valence-electron chi connectivity index (χ0n) is 13.5. The maximum absolute atomic E-state index is 12.6. The van der Waals surface area contributed by atoms with Gasteiger partial charge in [0.15, 0.2) is 0 Å². The summed E-state index contributed by atoms with van der Waals surface area (Å²) < 4.78 is 1.17. The van der Waals surface area contributed by atoms with Gasteiger partial charge in [-0.15, -0.1) is 0 Å². The van der Waals surface area contributed by atoms with Gasteiger partial charge in [-0.1, -0.05) is 30.3 Å². The second-order valence-corrected chi connectivity index (χ2v) is 5.46. The van der Waals surface area contributed by atoms with Gasteiger partial charge in [0, 0.05) is 13.7 Å². The van der Waals surface area contributed by atoms with Crippen LogP contribution in [0.1, 0.15) is 39.6 Å². The minimum atomic E-state index is -0.448. The predicted octanol–water partition coefficient (Wildman–Crippen LogP) is 1.25. The van der Waals surface area contributed by atoms with Crippen molar-refractivity contribution in [3.63, 3.8) is 0 Å². The molecule has 0 spiro atoms. The highest BCUT2D eigenvalue weighted by molar-refractivity contribution is 5.95. The first-order valence-corrected chi connectivity index (χ1v) is 7.47. The maximum Gasteiger partial charge on any atom is 0.279 e. The summed E-state index contributed by atoms with van der Waals surface area (Å²) in [4.78, 5) is 24.9. The molecule has 6 heteroatoms. The summed E-state index contributed by atoms with van der Waals surface area (Å²) in [5.74, 6) is -0.448. The largest absolute Gasteiger partial charge is 0.396 e. The van der Waals surface area contributed by atoms with Crippen LogP contribution in [0, 0.1) is 13.8 Å². The van der Waals surface area contributed by atoms with E-state index in [-0.39, 0.29) is 18.2 Å². The summed E-state index contributed by atoms with van der Waals surface area (Å²) >= 11 is 0. The van der Waals surface area contributed by atoms with Gasteiger partial charge in [0.05, 0.1) is 11.7 Å². The molecule has 0 radical (unpaired) electrons. The Balaban J connectivity index is 2.36. The fraction of sp³-hybridized carbons (Fsp3) is 0.353. The van der Waals surface area contributed by atoms with Crippen LogP contribution in [-0.2, 0) is 7.05 Å². The number of aryl methyl sites for hydroxylation is 2. The SMILES string of the molecule is Cc1nn(C)c(=O)c(C(=O)NC(CCO)c2ccccc2)c1C. The van der Waals surface area contributed by atoms with Gasteiger partial charge in [-0.2, -0.15) is 5.10 Å². The molecule has 0 saturated heterocycles. The number of carbonyl (C=O) groups is 1. The van der Waals surface area contributed by atoms with E-state index in [0.29, 0.717) is 17.7 Å². The Morgan fingerprint density at radius 2 is 1.96 bits per heavy atom. The smallest absolute Gasteiger partial charge is 0.279 e. The third-order valence-electron chi connectivity index (χ3n) is 3.88. The average molecular weight is 315 g/mol. The molecule has 2 N–H and O–H groups in total. The van der Waals surface area contributed by atoms with Gasteiger partial charge in [-0.05, 0) is 31.4 Å². The van der Waals surface area contributed by atoms with Crippen molar-refractivity contribution in [1.82, 2.24) is 15.1 Å². The quantitative estimate of drug-likeness (QED) is 0.870. The van der Waals surface area contributed by atoms with Crippen LogP contribution in [-0.4, -0.2) is 27.4 Å². The van der Waals surface area contributed by atoms with E-state index in [1.165, 1.54) is 11.7 Å². The second-order valence-electron chi connectivity index (χ2n) is 5.46. The molecule has 0 saturated carbocycles. The van der Waals surface area contributed by atoms with E-state index in [4.69, 9.17) is 0 Å². The molecule has 1 unspecified atom stereocenters. The molecule has 0 aliphatic rings. The standard InChI is InChI=1S/C17H21N3O3/c1-11-12(2)19-20(3)17(23)15(11)16(22)18-14(9-10-21)13-7-5-4-6-8-13/h4-8,14,21H,9-10H2,1-3H3,(H,18,22). The number of aromatic nitrogens is 2. The van der Waals surface area contributed by atoms with Gasteiger partial charge in [-0.25, -0.2) is 4.68 Å². The van der Waals surface area contributed by atoms with Gasteiger partial charge >= 0.3 is 0 Å². The summed E-state index contributed by atoms with van der Waals surface area (Å²) in [5.41, 5.74) is 1.76. The highest BCUT2D eigenvalue weighted by Crippen LogP contribution is 2.17. The van der Waals surface area contributed by atoms with Crippen LogP contribution in [0.3, 0.4) is 0 Å². The molecule has 6 nitrogen and oxygen atoms in total. The second kappa shape index (κ2) is 7.19. The van der Waals surface area contributed by atoms with Crippen molar-refractivity contribution in [2.75, 3.05) is 6.61 Å². The third kappa shape index (κ3) is 3.65. The molecule has 1 amide bonds. The molecular formula is C17H21N3O3. The summed E-state index contributed by atoms with van der Waals surface area (Å²) in [6.07, 6.45) is 0.374. The maximum atomic E-state index is 12.6. The highest BCUT2D eigenvalue weighted by atomic mass is 16.3. The van der Waals surface area contributed by atoms with Gasteiger partial charge < -0.3 is 10.4 Å². The van der Waals surface area contributed by atoms with Crippen molar-refractivity contribution in [2.24, 2.45) is 7.05 Å². The van der Waals surface area contributed by atoms with E-state index in [9.17, 15) is 14.7 Å². The number of nitrogens with one attached hydrogen (secondary N) is 1. The molecule has 0 fully saturated rings. The molecule has 1 atom stereocenters. The molecule has 0 aliphatic heterocycles. The predicted molar refractivity (Wildman–Crippen MR) is 87.3 cm³/mol. The number of hydrogen-bond acceptors (Lipinski definition) is 4. The molecule has 0 bridgehead atoms. The number of aliphatic hydroxyl groups is 1. The van der Waals surface area contributed by atoms with Crippen molar-refractivity contribution in [3.8, 4) is 0 Å². The van der Waals surface area contributed by atoms with E-state index in [0.717, 1.165) is 5.56 Å². The van der Waals surface area contributed by atoms with Crippen LogP contribution in [0.15, 0.2) is 35.1 Å². The summed E-state index contributed by atoms with van der Waals surface area (Å²) in [6, 6.07) is 9.02. The summed E-state index contributed by atoms with van der Waals surface area (Å²) in [5, 5.41) is 16.2. The molecule has 1 aromatic carbocycles. The van der Waals surface area contributed by atoms with Crippen molar-refractivity contribution in [3.05, 3.63) is 63.1 Å². The Hall–Kier alpha value is -2.47. The molecule has 122 valence electrons. The van der Waals surface area contributed by atoms with Crippen LogP contribution in [0.5, 0.6) is 0 Å². The number of aliphatic hydroxyl groups excluding tert-OH is 1. The van der Waals surface area contributed by atoms with E-state index in [2.05, 4.69) is 10.4 Å². The lowest BCUT2D eigenvalue weighted by molar-refractivity contribution is 0.0926. The normalized spacial score (nSPS) is 12.0. The van der Waals surface area contributed by atoms with Crippen LogP contribution < -0.4 is 10.9 Å². The number of rotatable bonds is 5. The average Bonchev–Trinajstić information content (AvgIpc) is 2.54. The lowest BCUT2D eigenvalue weighted by atomic mass is 10.0. The topological polar surface area (TPSA) is 84.2 Å². The fourth-order valence-electron chi connectivity index (χ4n) is 2.48. The van der Waals surface area contributed by atoms with Crippen molar-refractivity contribution >= 4 is 5.91 Å². The van der Waals surface area contributed by atoms with Gasteiger partial charge in [0.2, 0.25) is 0 Å². The van der Waals surface area contributed by atoms with E-state index >= 15 is 0 Å². The molecule has 23 heavy (non-hydrogen) atoms. The third-order valence-corrected chi connectivity index (χ3v) is 3.88. The first-order valence-electron chi connectivity index (χ1n) is 7.47. The first-order chi connectivity index (χ1) is 11.0. The van der Waals surface area contributed by atoms with Crippen molar-refractivity contribution in [1.29, 1.82) is 0 Å². The van der Waals surface area contributed by atoms with E-state index < -0.39 is 11.5 Å². The minimum absolute atomic E-state index is 0.0633. The molecule has 2 aromatic rings. The fourth-order valence-corrected chi connectivity index (χ4v) is 2.48. The number of hydrogen-bond donors (Lipinski definition) is 2. The number of carbonyl (C=O) groups excluding carboxylic acids is 1. The van der Waals surface area contributed by atoms with Crippen LogP contribution in [0.4, 0.5) is 0 Å². The summed E-state index contributed by atoms with van der Waals surface area (Å²) in [7, 11) is 1.52. The zero-order chi connectivity index (χ0) is 17.0. The van der Waals surface area contributed by atoms with Crippen LogP contribution in [0.2, 0.25) is 0 Å². The number of benzene rings is 1. The van der Waals surface area contributed by atoms with Crippen LogP contribution in [0.25, 0.3) is 0 Å². The van der Waals surface area contributed by atoms with E-state index in [1.54, 1.807) is 13.8 Å². The Bertz CT molecular complexity index is 754. The Labute approximate surface area is 134 Å². The van der Waals surface area contributed by atoms with Crippen molar-refractivity contribution < 1.29 is 9.90 Å². The Morgan fingerprint density at radius 1 is 1.30 bits per heavy atom. The highest BCUT2D eigenvalue weighted by Gasteiger charge is 2.21. The van der Waals surface area contributed by atoms with Crippen molar-refractivity contribution in [2.45, 2.75) is 26.3 Å². The lowest BCUT2D eigenvalue weighted by Gasteiger charge is -2.19. The number of amides is 1. The van der Waals surface area contributed by atoms with Gasteiger partial charge in [0.1, 0.15) is 5.56 Å². The first kappa shape index (κ1) is 16.9. The molecule has 0 aliphatic carbocycles. The minimum Gasteiger partial charge on any atom is -0.396 e. The Kier molecular flexibility index (Phi) is 5.28. The molecule has 2 rings (SSSR count). The molecule has 1 heterocycles. The van der Waals surface area contributed by atoms with Gasteiger partial charge in [0.25, 0.3) is 11.5 Å². The Morgan fingerprint density at radius 3 is 2.57 bits per heavy atom.